The van der Waals surface area contributed by atoms with Crippen LogP contribution in [0.1, 0.15) is 24.8 Å². The van der Waals surface area contributed by atoms with Gasteiger partial charge in [-0.15, -0.1) is 0 Å². The molecule has 7 nitrogen and oxygen atoms in total. The first-order valence-electron chi connectivity index (χ1n) is 8.82. The maximum Gasteiger partial charge on any atom is 0.311 e. The first-order chi connectivity index (χ1) is 13.2. The van der Waals surface area contributed by atoms with Crippen molar-refractivity contribution in [2.24, 2.45) is 5.16 Å². The fourth-order valence-electron chi connectivity index (χ4n) is 3.42. The quantitative estimate of drug-likeness (QED) is 0.466. The number of piperidine rings is 1. The Balaban J connectivity index is 1.41. The van der Waals surface area contributed by atoms with Gasteiger partial charge in [0.2, 0.25) is 5.82 Å². The van der Waals surface area contributed by atoms with Crippen LogP contribution in [0, 0.1) is 22.0 Å². The number of nitrogens with zero attached hydrogens (tertiary/aromatic N) is 4. The molecule has 136 valence electrons. The normalized spacial score (nSPS) is 17.6. The summed E-state index contributed by atoms with van der Waals surface area (Å²) < 4.78 is 0. The van der Waals surface area contributed by atoms with Crippen LogP contribution in [-0.2, 0) is 4.84 Å². The molecule has 0 amide bonds. The maximum absolute atomic E-state index is 11.2. The van der Waals surface area contributed by atoms with E-state index in [1.807, 2.05) is 35.2 Å². The van der Waals surface area contributed by atoms with Gasteiger partial charge in [0.15, 0.2) is 0 Å². The zero-order valence-electron chi connectivity index (χ0n) is 14.7. The van der Waals surface area contributed by atoms with Gasteiger partial charge in [-0.1, -0.05) is 29.3 Å². The van der Waals surface area contributed by atoms with Crippen molar-refractivity contribution in [2.75, 3.05) is 18.0 Å². The Morgan fingerprint density at radius 2 is 1.89 bits per heavy atom. The summed E-state index contributed by atoms with van der Waals surface area (Å²) in [6.45, 7) is 1.26. The number of nitro groups is 1. The fourth-order valence-corrected chi connectivity index (χ4v) is 3.42. The molecule has 27 heavy (non-hydrogen) atoms. The number of benzene rings is 1. The molecule has 0 N–H and O–H groups in total. The van der Waals surface area contributed by atoms with Gasteiger partial charge in [-0.05, 0) is 24.1 Å². The molecule has 1 fully saturated rings. The molecule has 0 saturated carbocycles. The Morgan fingerprint density at radius 1 is 1.11 bits per heavy atom. The van der Waals surface area contributed by atoms with Crippen LogP contribution < -0.4 is 4.90 Å². The van der Waals surface area contributed by atoms with Crippen LogP contribution in [0.3, 0.4) is 0 Å². The fraction of sp³-hybridized carbons (Fsp3) is 0.300. The second-order valence-electron chi connectivity index (χ2n) is 6.70. The van der Waals surface area contributed by atoms with E-state index >= 15 is 0 Å². The molecule has 3 heterocycles. The van der Waals surface area contributed by atoms with Gasteiger partial charge in [0.25, 0.3) is 0 Å². The van der Waals surface area contributed by atoms with Crippen LogP contribution in [-0.4, -0.2) is 34.3 Å². The molecule has 1 aromatic carbocycles. The third-order valence-corrected chi connectivity index (χ3v) is 4.90. The molecule has 1 aromatic heterocycles. The summed E-state index contributed by atoms with van der Waals surface area (Å²) in [6, 6.07) is 12.8. The van der Waals surface area contributed by atoms with Crippen LogP contribution in [0.2, 0.25) is 0 Å². The zero-order chi connectivity index (χ0) is 18.7. The predicted molar refractivity (Wildman–Crippen MR) is 102 cm³/mol. The van der Waals surface area contributed by atoms with Crippen molar-refractivity contribution in [1.82, 2.24) is 4.98 Å². The number of oxime groups is 1. The molecule has 2 aromatic rings. The lowest BCUT2D eigenvalue weighted by Gasteiger charge is -2.37. The first kappa shape index (κ1) is 17.0. The molecule has 4 rings (SSSR count). The van der Waals surface area contributed by atoms with E-state index in [1.54, 1.807) is 12.3 Å². The number of hydrogen-bond acceptors (Lipinski definition) is 6. The summed E-state index contributed by atoms with van der Waals surface area (Å²) >= 11 is 0. The lowest BCUT2D eigenvalue weighted by molar-refractivity contribution is -0.384. The average Bonchev–Trinajstić information content (AvgIpc) is 3.10. The van der Waals surface area contributed by atoms with E-state index in [-0.39, 0.29) is 16.2 Å². The lowest BCUT2D eigenvalue weighted by atomic mass is 9.87. The van der Waals surface area contributed by atoms with Crippen LogP contribution in [0.15, 0.2) is 53.8 Å². The van der Waals surface area contributed by atoms with Gasteiger partial charge < -0.3 is 9.74 Å². The summed E-state index contributed by atoms with van der Waals surface area (Å²) in [5.41, 5.74) is 1.36. The zero-order valence-corrected chi connectivity index (χ0v) is 14.7. The van der Waals surface area contributed by atoms with Crippen molar-refractivity contribution in [3.63, 3.8) is 0 Å². The van der Waals surface area contributed by atoms with Crippen molar-refractivity contribution in [2.45, 2.75) is 24.9 Å². The summed E-state index contributed by atoms with van der Waals surface area (Å²) in [5, 5.41) is 15.4. The highest BCUT2D eigenvalue weighted by Crippen LogP contribution is 2.37. The van der Waals surface area contributed by atoms with Crippen LogP contribution >= 0.6 is 0 Å². The molecule has 2 aliphatic rings. The average molecular weight is 362 g/mol. The number of hydrogen-bond donors (Lipinski definition) is 0. The smallest absolute Gasteiger partial charge is 0.311 e. The molecular weight excluding hydrogens is 344 g/mol. The number of aromatic nitrogens is 1. The van der Waals surface area contributed by atoms with Crippen LogP contribution in [0.25, 0.3) is 0 Å². The van der Waals surface area contributed by atoms with Crippen molar-refractivity contribution < 1.29 is 9.76 Å². The SMILES string of the molecule is O=[N+]([O-])c1cccnc1N1CCC2(CC1)CC(C#Cc1ccccc1)=NO2. The van der Waals surface area contributed by atoms with Crippen molar-refractivity contribution in [3.05, 3.63) is 64.3 Å². The Labute approximate surface area is 156 Å². The second kappa shape index (κ2) is 7.08. The van der Waals surface area contributed by atoms with Gasteiger partial charge in [0.05, 0.1) is 4.92 Å². The largest absolute Gasteiger partial charge is 0.388 e. The third-order valence-electron chi connectivity index (χ3n) is 4.90. The summed E-state index contributed by atoms with van der Waals surface area (Å²) in [7, 11) is 0. The Bertz CT molecular complexity index is 938. The molecule has 0 aliphatic carbocycles. The predicted octanol–water partition coefficient (Wildman–Crippen LogP) is 3.16. The number of rotatable bonds is 2. The van der Waals surface area contributed by atoms with E-state index in [0.717, 1.165) is 24.1 Å². The molecule has 0 atom stereocenters. The third kappa shape index (κ3) is 3.60. The van der Waals surface area contributed by atoms with Gasteiger partial charge >= 0.3 is 5.69 Å². The minimum absolute atomic E-state index is 0.0338. The van der Waals surface area contributed by atoms with Crippen molar-refractivity contribution in [3.8, 4) is 11.8 Å². The van der Waals surface area contributed by atoms with Crippen molar-refractivity contribution in [1.29, 1.82) is 0 Å². The highest BCUT2D eigenvalue weighted by molar-refractivity contribution is 6.01. The molecule has 7 heteroatoms. The minimum atomic E-state index is -0.390. The molecule has 0 bridgehead atoms. The standard InChI is InChI=1S/C20H18N4O3/c25-24(26)18-7-4-12-21-19(18)23-13-10-20(11-14-23)15-17(22-27-20)9-8-16-5-2-1-3-6-16/h1-7,12H,10-11,13-15H2. The first-order valence-corrected chi connectivity index (χ1v) is 8.82. The van der Waals surface area contributed by atoms with Gasteiger partial charge in [-0.25, -0.2) is 4.98 Å². The minimum Gasteiger partial charge on any atom is -0.388 e. The number of anilines is 1. The van der Waals surface area contributed by atoms with Crippen LogP contribution in [0.4, 0.5) is 11.5 Å². The van der Waals surface area contributed by atoms with E-state index in [9.17, 15) is 10.1 Å². The van der Waals surface area contributed by atoms with E-state index in [1.165, 1.54) is 6.07 Å². The Hall–Kier alpha value is -3.40. The second-order valence-corrected chi connectivity index (χ2v) is 6.70. The van der Waals surface area contributed by atoms with E-state index in [0.29, 0.717) is 25.3 Å². The molecule has 0 unspecified atom stereocenters. The topological polar surface area (TPSA) is 80.9 Å². The van der Waals surface area contributed by atoms with E-state index in [4.69, 9.17) is 4.84 Å². The Kier molecular flexibility index (Phi) is 4.47. The molecular formula is C20H18N4O3. The Morgan fingerprint density at radius 3 is 2.63 bits per heavy atom. The van der Waals surface area contributed by atoms with Gasteiger partial charge in [-0.3, -0.25) is 10.1 Å². The molecule has 0 radical (unpaired) electrons. The molecule has 2 aliphatic heterocycles. The van der Waals surface area contributed by atoms with Gasteiger partial charge in [0.1, 0.15) is 11.3 Å². The molecule has 1 saturated heterocycles. The lowest BCUT2D eigenvalue weighted by Crippen LogP contribution is -2.45. The van der Waals surface area contributed by atoms with Crippen LogP contribution in [0.5, 0.6) is 0 Å². The van der Waals surface area contributed by atoms with Gasteiger partial charge in [0, 0.05) is 50.2 Å². The number of pyridine rings is 1. The molecule has 1 spiro atoms. The monoisotopic (exact) mass is 362 g/mol. The summed E-state index contributed by atoms with van der Waals surface area (Å²) in [4.78, 5) is 22.7. The van der Waals surface area contributed by atoms with E-state index in [2.05, 4.69) is 22.0 Å². The summed E-state index contributed by atoms with van der Waals surface area (Å²) in [5.74, 6) is 6.62. The highest BCUT2D eigenvalue weighted by atomic mass is 16.7. The van der Waals surface area contributed by atoms with Crippen molar-refractivity contribution >= 4 is 17.2 Å². The van der Waals surface area contributed by atoms with E-state index < -0.39 is 0 Å². The highest BCUT2D eigenvalue weighted by Gasteiger charge is 2.42. The summed E-state index contributed by atoms with van der Waals surface area (Å²) in [6.07, 6.45) is 3.70. The maximum atomic E-state index is 11.2. The van der Waals surface area contributed by atoms with Gasteiger partial charge in [-0.2, -0.15) is 0 Å².